The highest BCUT2D eigenvalue weighted by atomic mass is 127. The summed E-state index contributed by atoms with van der Waals surface area (Å²) in [6.07, 6.45) is 0.882. The topological polar surface area (TPSA) is 88.0 Å². The van der Waals surface area contributed by atoms with Crippen LogP contribution in [0.3, 0.4) is 0 Å². The number of hydrogen-bond acceptors (Lipinski definition) is 5. The molecule has 0 saturated heterocycles. The van der Waals surface area contributed by atoms with Gasteiger partial charge in [0.05, 0.1) is 19.3 Å². The van der Waals surface area contributed by atoms with E-state index in [1.165, 1.54) is 0 Å². The second-order valence-electron chi connectivity index (χ2n) is 6.10. The highest BCUT2D eigenvalue weighted by molar-refractivity contribution is 14.0. The van der Waals surface area contributed by atoms with Crippen LogP contribution in [0.15, 0.2) is 41.5 Å². The summed E-state index contributed by atoms with van der Waals surface area (Å²) >= 11 is 12.0. The van der Waals surface area contributed by atoms with E-state index in [0.29, 0.717) is 53.8 Å². The maximum absolute atomic E-state index is 10.4. The summed E-state index contributed by atoms with van der Waals surface area (Å²) in [6, 6.07) is 8.73. The lowest BCUT2D eigenvalue weighted by atomic mass is 10.1. The van der Waals surface area contributed by atoms with E-state index in [1.807, 2.05) is 19.1 Å². The van der Waals surface area contributed by atoms with E-state index in [4.69, 9.17) is 32.7 Å². The number of nitrogens with one attached hydrogen (secondary N) is 2. The van der Waals surface area contributed by atoms with Crippen molar-refractivity contribution in [2.75, 3.05) is 33.4 Å². The largest absolute Gasteiger partial charge is 0.475 e. The number of methoxy groups -OCH3 is 1. The first-order valence-corrected chi connectivity index (χ1v) is 10.0. The van der Waals surface area contributed by atoms with Gasteiger partial charge in [-0.05, 0) is 36.8 Å². The third-order valence-corrected chi connectivity index (χ3v) is 4.30. The van der Waals surface area contributed by atoms with Crippen molar-refractivity contribution in [1.82, 2.24) is 15.6 Å². The lowest BCUT2D eigenvalue weighted by molar-refractivity contribution is 0.143. The van der Waals surface area contributed by atoms with Crippen molar-refractivity contribution in [3.05, 3.63) is 57.7 Å². The molecular weight excluding hydrogens is 542 g/mol. The first-order valence-electron chi connectivity index (χ1n) is 9.25. The zero-order chi connectivity index (χ0) is 21.1. The van der Waals surface area contributed by atoms with Crippen molar-refractivity contribution in [3.8, 4) is 5.88 Å². The Morgan fingerprint density at radius 1 is 1.20 bits per heavy atom. The number of benzene rings is 1. The fourth-order valence-electron chi connectivity index (χ4n) is 2.48. The third kappa shape index (κ3) is 9.22. The van der Waals surface area contributed by atoms with Crippen LogP contribution in [0.4, 0.5) is 0 Å². The van der Waals surface area contributed by atoms with Crippen LogP contribution in [-0.2, 0) is 11.3 Å². The fraction of sp³-hybridized carbons (Fsp3) is 0.400. The van der Waals surface area contributed by atoms with Gasteiger partial charge in [-0.2, -0.15) is 0 Å². The Morgan fingerprint density at radius 3 is 2.60 bits per heavy atom. The Balaban J connectivity index is 0.00000450. The number of hydrogen-bond donors (Lipinski definition) is 3. The first kappa shape index (κ1) is 26.7. The molecule has 10 heteroatoms. The number of pyridine rings is 1. The SMILES string of the molecule is CCNC(=NCc1cccnc1OCCOC)NCC(O)c1cc(Cl)cc(Cl)c1.I. The van der Waals surface area contributed by atoms with E-state index in [2.05, 4.69) is 20.6 Å². The smallest absolute Gasteiger partial charge is 0.218 e. The molecule has 0 aliphatic rings. The Morgan fingerprint density at radius 2 is 1.93 bits per heavy atom. The van der Waals surface area contributed by atoms with Gasteiger partial charge < -0.3 is 25.2 Å². The zero-order valence-electron chi connectivity index (χ0n) is 16.9. The summed E-state index contributed by atoms with van der Waals surface area (Å²) < 4.78 is 10.6. The van der Waals surface area contributed by atoms with Crippen molar-refractivity contribution < 1.29 is 14.6 Å². The number of aliphatic hydroxyl groups is 1. The van der Waals surface area contributed by atoms with Crippen molar-refractivity contribution in [2.45, 2.75) is 19.6 Å². The molecule has 30 heavy (non-hydrogen) atoms. The molecule has 1 unspecified atom stereocenters. The molecular formula is C20H27Cl2IN4O3. The van der Waals surface area contributed by atoms with Crippen LogP contribution in [-0.4, -0.2) is 49.5 Å². The number of aliphatic hydroxyl groups excluding tert-OH is 1. The number of halogens is 3. The minimum Gasteiger partial charge on any atom is -0.475 e. The molecule has 0 amide bonds. The number of aliphatic imine (C=N–C) groups is 1. The highest BCUT2D eigenvalue weighted by Crippen LogP contribution is 2.23. The van der Waals surface area contributed by atoms with E-state index in [0.717, 1.165) is 5.56 Å². The van der Waals surface area contributed by atoms with Crippen LogP contribution in [0.5, 0.6) is 5.88 Å². The predicted octanol–water partition coefficient (Wildman–Crippen LogP) is 3.82. The van der Waals surface area contributed by atoms with Crippen LogP contribution in [0.2, 0.25) is 10.0 Å². The van der Waals surface area contributed by atoms with Crippen molar-refractivity contribution in [3.63, 3.8) is 0 Å². The van der Waals surface area contributed by atoms with E-state index >= 15 is 0 Å². The molecule has 7 nitrogen and oxygen atoms in total. The molecule has 166 valence electrons. The minimum absolute atomic E-state index is 0. The molecule has 1 aromatic carbocycles. The average molecular weight is 569 g/mol. The van der Waals surface area contributed by atoms with E-state index in [1.54, 1.807) is 31.5 Å². The van der Waals surface area contributed by atoms with Crippen molar-refractivity contribution in [1.29, 1.82) is 0 Å². The third-order valence-electron chi connectivity index (χ3n) is 3.86. The van der Waals surface area contributed by atoms with Crippen LogP contribution >= 0.6 is 47.2 Å². The lowest BCUT2D eigenvalue weighted by Gasteiger charge is -2.16. The first-order chi connectivity index (χ1) is 14.0. The molecule has 3 N–H and O–H groups in total. The van der Waals surface area contributed by atoms with Gasteiger partial charge in [-0.3, -0.25) is 0 Å². The van der Waals surface area contributed by atoms with Crippen molar-refractivity contribution >= 4 is 53.1 Å². The molecule has 0 bridgehead atoms. The summed E-state index contributed by atoms with van der Waals surface area (Å²) in [6.45, 7) is 4.14. The van der Waals surface area contributed by atoms with Gasteiger partial charge in [0.1, 0.15) is 6.61 Å². The molecule has 2 rings (SSSR count). The average Bonchev–Trinajstić information content (AvgIpc) is 2.70. The Hall–Kier alpha value is -1.33. The molecule has 0 spiro atoms. The molecule has 1 atom stereocenters. The van der Waals surface area contributed by atoms with Crippen LogP contribution < -0.4 is 15.4 Å². The van der Waals surface area contributed by atoms with Crippen LogP contribution in [0, 0.1) is 0 Å². The maximum atomic E-state index is 10.4. The van der Waals surface area contributed by atoms with Gasteiger partial charge in [-0.1, -0.05) is 29.3 Å². The second kappa shape index (κ2) is 14.6. The summed E-state index contributed by atoms with van der Waals surface area (Å²) in [5, 5.41) is 17.7. The highest BCUT2D eigenvalue weighted by Gasteiger charge is 2.11. The predicted molar refractivity (Wildman–Crippen MR) is 131 cm³/mol. The standard InChI is InChI=1S/C20H26Cl2N4O3.HI/c1-3-23-20(26-13-18(27)15-9-16(21)11-17(22)10-15)25-12-14-5-4-6-24-19(14)29-8-7-28-2;/h4-6,9-11,18,27H,3,7-8,12-13H2,1-2H3,(H2,23,25,26);1H. The van der Waals surface area contributed by atoms with Gasteiger partial charge in [0.15, 0.2) is 5.96 Å². The molecule has 2 aromatic rings. The molecule has 0 fully saturated rings. The van der Waals surface area contributed by atoms with Gasteiger partial charge >= 0.3 is 0 Å². The number of rotatable bonds is 10. The molecule has 0 radical (unpaired) electrons. The summed E-state index contributed by atoms with van der Waals surface area (Å²) in [4.78, 5) is 8.81. The quantitative estimate of drug-likeness (QED) is 0.175. The summed E-state index contributed by atoms with van der Waals surface area (Å²) in [5.74, 6) is 1.09. The normalized spacial score (nSPS) is 12.1. The van der Waals surface area contributed by atoms with Crippen LogP contribution in [0.1, 0.15) is 24.2 Å². The molecule has 0 aliphatic heterocycles. The Kier molecular flexibility index (Phi) is 13.0. The van der Waals surface area contributed by atoms with Gasteiger partial charge in [0.2, 0.25) is 5.88 Å². The van der Waals surface area contributed by atoms with Crippen molar-refractivity contribution in [2.24, 2.45) is 4.99 Å². The molecule has 1 heterocycles. The summed E-state index contributed by atoms with van der Waals surface area (Å²) in [7, 11) is 1.62. The van der Waals surface area contributed by atoms with E-state index < -0.39 is 6.10 Å². The molecule has 1 aromatic heterocycles. The molecule has 0 aliphatic carbocycles. The fourth-order valence-corrected chi connectivity index (χ4v) is 3.02. The van der Waals surface area contributed by atoms with E-state index in [-0.39, 0.29) is 30.5 Å². The van der Waals surface area contributed by atoms with E-state index in [9.17, 15) is 5.11 Å². The lowest BCUT2D eigenvalue weighted by Crippen LogP contribution is -2.39. The van der Waals surface area contributed by atoms with Crippen LogP contribution in [0.25, 0.3) is 0 Å². The number of aromatic nitrogens is 1. The minimum atomic E-state index is -0.790. The maximum Gasteiger partial charge on any atom is 0.218 e. The number of nitrogens with zero attached hydrogens (tertiary/aromatic N) is 2. The van der Waals surface area contributed by atoms with Gasteiger partial charge in [0.25, 0.3) is 0 Å². The van der Waals surface area contributed by atoms with Gasteiger partial charge in [0, 0.05) is 42.0 Å². The summed E-state index contributed by atoms with van der Waals surface area (Å²) in [5.41, 5.74) is 1.48. The monoisotopic (exact) mass is 568 g/mol. The Bertz CT molecular complexity index is 791. The van der Waals surface area contributed by atoms with Gasteiger partial charge in [-0.15, -0.1) is 24.0 Å². The number of guanidine groups is 1. The zero-order valence-corrected chi connectivity index (χ0v) is 20.7. The second-order valence-corrected chi connectivity index (χ2v) is 6.98. The molecule has 0 saturated carbocycles. The number of ether oxygens (including phenoxy) is 2. The Labute approximate surface area is 204 Å². The van der Waals surface area contributed by atoms with Gasteiger partial charge in [-0.25, -0.2) is 9.98 Å².